The van der Waals surface area contributed by atoms with Crippen LogP contribution in [0.15, 0.2) is 48.5 Å². The smallest absolute Gasteiger partial charge is 0.228 e. The van der Waals surface area contributed by atoms with E-state index >= 15 is 0 Å². The fourth-order valence-electron chi connectivity index (χ4n) is 4.24. The van der Waals surface area contributed by atoms with Gasteiger partial charge in [0.2, 0.25) is 5.95 Å². The number of rotatable bonds is 4. The minimum atomic E-state index is 0.741. The molecule has 0 radical (unpaired) electrons. The van der Waals surface area contributed by atoms with Gasteiger partial charge in [-0.15, -0.1) is 0 Å². The van der Waals surface area contributed by atoms with Gasteiger partial charge < -0.3 is 24.2 Å². The molecular formula is C23H27N5O2. The van der Waals surface area contributed by atoms with E-state index in [0.29, 0.717) is 0 Å². The van der Waals surface area contributed by atoms with Crippen molar-refractivity contribution >= 4 is 28.4 Å². The van der Waals surface area contributed by atoms with Crippen molar-refractivity contribution in [2.45, 2.75) is 0 Å². The molecule has 0 aliphatic carbocycles. The first-order valence-corrected chi connectivity index (χ1v) is 10.6. The minimum Gasteiger partial charge on any atom is -0.495 e. The van der Waals surface area contributed by atoms with Crippen LogP contribution in [-0.2, 0) is 4.74 Å². The van der Waals surface area contributed by atoms with Crippen molar-refractivity contribution in [3.63, 3.8) is 0 Å². The van der Waals surface area contributed by atoms with Gasteiger partial charge in [0, 0.05) is 44.7 Å². The number of hydrogen-bond donors (Lipinski definition) is 0. The minimum absolute atomic E-state index is 0.741. The molecule has 2 aliphatic heterocycles. The van der Waals surface area contributed by atoms with Crippen LogP contribution in [0.4, 0.5) is 17.5 Å². The fourth-order valence-corrected chi connectivity index (χ4v) is 4.24. The Bertz CT molecular complexity index is 1010. The van der Waals surface area contributed by atoms with Crippen LogP contribution in [0.3, 0.4) is 0 Å². The van der Waals surface area contributed by atoms with Crippen LogP contribution in [0, 0.1) is 0 Å². The number of anilines is 3. The van der Waals surface area contributed by atoms with E-state index < -0.39 is 0 Å². The number of aromatic nitrogens is 2. The number of ether oxygens (including phenoxy) is 2. The van der Waals surface area contributed by atoms with Crippen LogP contribution >= 0.6 is 0 Å². The van der Waals surface area contributed by atoms with Crippen molar-refractivity contribution in [1.82, 2.24) is 9.97 Å². The second kappa shape index (κ2) is 8.36. The summed E-state index contributed by atoms with van der Waals surface area (Å²) in [6, 6.07) is 16.5. The Kier molecular flexibility index (Phi) is 5.27. The van der Waals surface area contributed by atoms with Crippen LogP contribution in [0.5, 0.6) is 5.75 Å². The number of nitrogens with zero attached hydrogens (tertiary/aromatic N) is 5. The average molecular weight is 406 g/mol. The molecule has 0 saturated carbocycles. The summed E-state index contributed by atoms with van der Waals surface area (Å²) in [5.41, 5.74) is 2.14. The molecule has 0 N–H and O–H groups in total. The van der Waals surface area contributed by atoms with E-state index in [2.05, 4.69) is 45.0 Å². The van der Waals surface area contributed by atoms with Gasteiger partial charge in [0.15, 0.2) is 0 Å². The zero-order chi connectivity index (χ0) is 20.3. The first-order chi connectivity index (χ1) is 14.8. The van der Waals surface area contributed by atoms with Crippen LogP contribution in [-0.4, -0.2) is 69.6 Å². The van der Waals surface area contributed by atoms with Gasteiger partial charge in [-0.3, -0.25) is 0 Å². The summed E-state index contributed by atoms with van der Waals surface area (Å²) in [5.74, 6) is 2.75. The predicted octanol–water partition coefficient (Wildman–Crippen LogP) is 2.80. The van der Waals surface area contributed by atoms with E-state index in [0.717, 1.165) is 86.6 Å². The molecule has 0 atom stereocenters. The van der Waals surface area contributed by atoms with Gasteiger partial charge in [0.1, 0.15) is 11.6 Å². The molecule has 0 unspecified atom stereocenters. The van der Waals surface area contributed by atoms with Gasteiger partial charge >= 0.3 is 0 Å². The molecular weight excluding hydrogens is 378 g/mol. The summed E-state index contributed by atoms with van der Waals surface area (Å²) in [7, 11) is 1.73. The quantitative estimate of drug-likeness (QED) is 0.662. The first-order valence-electron chi connectivity index (χ1n) is 10.6. The van der Waals surface area contributed by atoms with Crippen LogP contribution in [0.1, 0.15) is 0 Å². The molecule has 0 spiro atoms. The number of piperazine rings is 1. The lowest BCUT2D eigenvalue weighted by Crippen LogP contribution is -2.47. The molecule has 2 fully saturated rings. The van der Waals surface area contributed by atoms with Crippen molar-refractivity contribution in [2.24, 2.45) is 0 Å². The van der Waals surface area contributed by atoms with E-state index in [-0.39, 0.29) is 0 Å². The van der Waals surface area contributed by atoms with Gasteiger partial charge in [0.05, 0.1) is 31.5 Å². The molecule has 2 aliphatic rings. The van der Waals surface area contributed by atoms with Crippen molar-refractivity contribution in [3.8, 4) is 5.75 Å². The molecule has 0 bridgehead atoms. The second-order valence-electron chi connectivity index (χ2n) is 7.61. The standard InChI is InChI=1S/C23H27N5O2/c1-29-21-9-5-4-8-20(21)26-10-12-28(13-11-26)23-24-19-7-3-2-6-18(19)22(25-23)27-14-16-30-17-15-27/h2-9H,10-17H2,1H3. The highest BCUT2D eigenvalue weighted by molar-refractivity contribution is 5.90. The fraction of sp³-hybridized carbons (Fsp3) is 0.391. The second-order valence-corrected chi connectivity index (χ2v) is 7.61. The Morgan fingerprint density at radius 1 is 0.767 bits per heavy atom. The zero-order valence-corrected chi connectivity index (χ0v) is 17.3. The van der Waals surface area contributed by atoms with Gasteiger partial charge in [0.25, 0.3) is 0 Å². The maximum absolute atomic E-state index is 5.55. The first kappa shape index (κ1) is 18.9. The third-order valence-electron chi connectivity index (χ3n) is 5.87. The van der Waals surface area contributed by atoms with E-state index in [4.69, 9.17) is 19.4 Å². The van der Waals surface area contributed by atoms with E-state index in [1.54, 1.807) is 7.11 Å². The van der Waals surface area contributed by atoms with Crippen molar-refractivity contribution in [1.29, 1.82) is 0 Å². The van der Waals surface area contributed by atoms with Crippen LogP contribution < -0.4 is 19.4 Å². The van der Waals surface area contributed by atoms with Gasteiger partial charge in [-0.2, -0.15) is 4.98 Å². The van der Waals surface area contributed by atoms with Crippen LogP contribution in [0.25, 0.3) is 10.9 Å². The third kappa shape index (κ3) is 3.61. The highest BCUT2D eigenvalue weighted by Gasteiger charge is 2.24. The Morgan fingerprint density at radius 2 is 1.47 bits per heavy atom. The van der Waals surface area contributed by atoms with E-state index in [9.17, 15) is 0 Å². The number of benzene rings is 2. The predicted molar refractivity (Wildman–Crippen MR) is 120 cm³/mol. The van der Waals surface area contributed by atoms with Crippen molar-refractivity contribution in [3.05, 3.63) is 48.5 Å². The number of fused-ring (bicyclic) bond motifs is 1. The molecule has 2 aromatic carbocycles. The normalized spacial score (nSPS) is 17.4. The Hall–Kier alpha value is -3.06. The molecule has 0 amide bonds. The highest BCUT2D eigenvalue weighted by Crippen LogP contribution is 2.30. The van der Waals surface area contributed by atoms with Crippen molar-refractivity contribution in [2.75, 3.05) is 74.3 Å². The molecule has 7 heteroatoms. The highest BCUT2D eigenvalue weighted by atomic mass is 16.5. The topological polar surface area (TPSA) is 54.0 Å². The summed E-state index contributed by atoms with van der Waals surface area (Å²) in [6.45, 7) is 6.77. The molecule has 3 aromatic rings. The monoisotopic (exact) mass is 405 g/mol. The van der Waals surface area contributed by atoms with Gasteiger partial charge in [-0.1, -0.05) is 24.3 Å². The van der Waals surface area contributed by atoms with Crippen molar-refractivity contribution < 1.29 is 9.47 Å². The van der Waals surface area contributed by atoms with Gasteiger partial charge in [-0.25, -0.2) is 4.98 Å². The summed E-state index contributed by atoms with van der Waals surface area (Å²) < 4.78 is 11.1. The van der Waals surface area contributed by atoms with Gasteiger partial charge in [-0.05, 0) is 24.3 Å². The van der Waals surface area contributed by atoms with E-state index in [1.165, 1.54) is 0 Å². The molecule has 2 saturated heterocycles. The summed E-state index contributed by atoms with van der Waals surface area (Å²) in [6.07, 6.45) is 0. The molecule has 1 aromatic heterocycles. The number of para-hydroxylation sites is 3. The number of morpholine rings is 1. The lowest BCUT2D eigenvalue weighted by Gasteiger charge is -2.37. The van der Waals surface area contributed by atoms with Crippen LogP contribution in [0.2, 0.25) is 0 Å². The SMILES string of the molecule is COc1ccccc1N1CCN(c2nc(N3CCOCC3)c3ccccc3n2)CC1. The summed E-state index contributed by atoms with van der Waals surface area (Å²) in [5, 5.41) is 1.11. The number of methoxy groups -OCH3 is 1. The maximum atomic E-state index is 5.55. The Balaban J connectivity index is 1.40. The average Bonchev–Trinajstić information content (AvgIpc) is 2.84. The lowest BCUT2D eigenvalue weighted by molar-refractivity contribution is 0.122. The zero-order valence-electron chi connectivity index (χ0n) is 17.3. The third-order valence-corrected chi connectivity index (χ3v) is 5.87. The Morgan fingerprint density at radius 3 is 2.27 bits per heavy atom. The molecule has 156 valence electrons. The Labute approximate surface area is 176 Å². The summed E-state index contributed by atoms with van der Waals surface area (Å²) >= 11 is 0. The number of hydrogen-bond acceptors (Lipinski definition) is 7. The molecule has 5 rings (SSSR count). The lowest BCUT2D eigenvalue weighted by atomic mass is 10.2. The largest absolute Gasteiger partial charge is 0.495 e. The maximum Gasteiger partial charge on any atom is 0.228 e. The summed E-state index contributed by atoms with van der Waals surface area (Å²) in [4.78, 5) is 16.9. The molecule has 3 heterocycles. The molecule has 7 nitrogen and oxygen atoms in total. The molecule has 30 heavy (non-hydrogen) atoms. The van der Waals surface area contributed by atoms with E-state index in [1.807, 2.05) is 18.2 Å².